The van der Waals surface area contributed by atoms with Crippen LogP contribution in [0.1, 0.15) is 19.3 Å². The highest BCUT2D eigenvalue weighted by atomic mass is 32.2. The second kappa shape index (κ2) is 8.47. The molecule has 21 heavy (non-hydrogen) atoms. The first-order valence-electron chi connectivity index (χ1n) is 5.81. The first-order valence-corrected chi connectivity index (χ1v) is 7.20. The number of carboxylic acids is 3. The molecule has 120 valence electrons. The number of nitrogens with one attached hydrogen (secondary N) is 1. The molecule has 0 spiro atoms. The normalized spacial score (nSPS) is 12.5. The Bertz CT molecular complexity index is 408. The number of aliphatic carboxylic acids is 3. The van der Waals surface area contributed by atoms with Gasteiger partial charge in [-0.2, -0.15) is 11.8 Å². The van der Waals surface area contributed by atoms with Gasteiger partial charge in [-0.25, -0.2) is 4.79 Å². The Morgan fingerprint density at radius 2 is 1.57 bits per heavy atom. The molecule has 0 aromatic heterocycles. The maximum absolute atomic E-state index is 11.9. The van der Waals surface area contributed by atoms with E-state index in [4.69, 9.17) is 15.3 Å². The predicted octanol–water partition coefficient (Wildman–Crippen LogP) is -1.01. The van der Waals surface area contributed by atoms with Crippen molar-refractivity contribution in [2.45, 2.75) is 30.9 Å². The van der Waals surface area contributed by atoms with Crippen LogP contribution >= 0.6 is 11.8 Å². The van der Waals surface area contributed by atoms with Crippen molar-refractivity contribution >= 4 is 35.6 Å². The van der Waals surface area contributed by atoms with Crippen LogP contribution in [0.2, 0.25) is 0 Å². The van der Waals surface area contributed by atoms with Gasteiger partial charge in [0.15, 0.2) is 5.60 Å². The maximum Gasteiger partial charge on any atom is 0.326 e. The summed E-state index contributed by atoms with van der Waals surface area (Å²) in [6.45, 7) is 0. The van der Waals surface area contributed by atoms with Crippen molar-refractivity contribution in [2.24, 2.45) is 0 Å². The average Bonchev–Trinajstić information content (AvgIpc) is 2.31. The van der Waals surface area contributed by atoms with Gasteiger partial charge in [-0.1, -0.05) is 0 Å². The number of rotatable bonds is 10. The Morgan fingerprint density at radius 1 is 1.10 bits per heavy atom. The van der Waals surface area contributed by atoms with Crippen molar-refractivity contribution in [3.05, 3.63) is 0 Å². The van der Waals surface area contributed by atoms with Crippen LogP contribution in [0, 0.1) is 0 Å². The number of hydrogen-bond donors (Lipinski definition) is 5. The third-order valence-corrected chi connectivity index (χ3v) is 3.17. The number of amides is 1. The molecule has 1 amide bonds. The Morgan fingerprint density at radius 3 is 1.90 bits per heavy atom. The smallest absolute Gasteiger partial charge is 0.326 e. The van der Waals surface area contributed by atoms with Gasteiger partial charge in [-0.05, 0) is 18.4 Å². The zero-order chi connectivity index (χ0) is 16.6. The van der Waals surface area contributed by atoms with Gasteiger partial charge < -0.3 is 25.7 Å². The van der Waals surface area contributed by atoms with Crippen LogP contribution in [0.5, 0.6) is 0 Å². The third kappa shape index (κ3) is 6.95. The molecule has 0 bridgehead atoms. The fourth-order valence-electron chi connectivity index (χ4n) is 1.51. The zero-order valence-electron chi connectivity index (χ0n) is 11.2. The monoisotopic (exact) mass is 323 g/mol. The van der Waals surface area contributed by atoms with Crippen molar-refractivity contribution in [1.29, 1.82) is 0 Å². The summed E-state index contributed by atoms with van der Waals surface area (Å²) in [4.78, 5) is 44.1. The minimum absolute atomic E-state index is 0.0540. The van der Waals surface area contributed by atoms with Crippen LogP contribution < -0.4 is 5.32 Å². The lowest BCUT2D eigenvalue weighted by Crippen LogP contribution is -2.54. The Labute approximate surface area is 124 Å². The predicted molar refractivity (Wildman–Crippen MR) is 72.0 cm³/mol. The summed E-state index contributed by atoms with van der Waals surface area (Å²) in [5.74, 6) is -5.44. The molecule has 10 heteroatoms. The standard InChI is InChI=1S/C11H17NO8S/c1-21-3-2-6(9(17)18)12-10(19)11(20,4-7(13)14)5-8(15)16/h6,20H,2-5H2,1H3,(H,12,19)(H,13,14)(H,15,16)(H,17,18). The lowest BCUT2D eigenvalue weighted by atomic mass is 9.94. The Hall–Kier alpha value is -1.81. The average molecular weight is 323 g/mol. The molecule has 1 unspecified atom stereocenters. The molecule has 0 fully saturated rings. The van der Waals surface area contributed by atoms with Gasteiger partial charge in [-0.15, -0.1) is 0 Å². The SMILES string of the molecule is CSCCC(NC(=O)C(O)(CC(=O)O)CC(=O)O)C(=O)O. The van der Waals surface area contributed by atoms with Gasteiger partial charge in [0, 0.05) is 0 Å². The number of aliphatic hydroxyl groups is 1. The highest BCUT2D eigenvalue weighted by Crippen LogP contribution is 2.17. The summed E-state index contributed by atoms with van der Waals surface area (Å²) in [5.41, 5.74) is -2.70. The summed E-state index contributed by atoms with van der Waals surface area (Å²) in [5, 5.41) is 38.1. The van der Waals surface area contributed by atoms with Gasteiger partial charge >= 0.3 is 17.9 Å². The molecule has 0 aliphatic heterocycles. The van der Waals surface area contributed by atoms with Gasteiger partial charge in [0.25, 0.3) is 5.91 Å². The second-order valence-electron chi connectivity index (χ2n) is 4.32. The summed E-state index contributed by atoms with van der Waals surface area (Å²) in [6.07, 6.45) is -0.496. The van der Waals surface area contributed by atoms with E-state index in [2.05, 4.69) is 0 Å². The first-order chi connectivity index (χ1) is 9.62. The Balaban J connectivity index is 5.04. The minimum Gasteiger partial charge on any atom is -0.481 e. The molecule has 0 aromatic rings. The molecular formula is C11H17NO8S. The van der Waals surface area contributed by atoms with E-state index in [1.54, 1.807) is 6.26 Å². The number of carboxylic acid groups (broad SMARTS) is 3. The van der Waals surface area contributed by atoms with Gasteiger partial charge in [0.2, 0.25) is 0 Å². The molecule has 5 N–H and O–H groups in total. The van der Waals surface area contributed by atoms with Crippen molar-refractivity contribution in [3.8, 4) is 0 Å². The number of thioether (sulfide) groups is 1. The molecule has 0 aliphatic carbocycles. The fourth-order valence-corrected chi connectivity index (χ4v) is 1.98. The summed E-state index contributed by atoms with van der Waals surface area (Å²) in [7, 11) is 0. The van der Waals surface area contributed by atoms with Gasteiger partial charge in [-0.3, -0.25) is 14.4 Å². The zero-order valence-corrected chi connectivity index (χ0v) is 12.1. The molecular weight excluding hydrogens is 306 g/mol. The highest BCUT2D eigenvalue weighted by Gasteiger charge is 2.42. The lowest BCUT2D eigenvalue weighted by molar-refractivity contribution is -0.160. The van der Waals surface area contributed by atoms with E-state index in [1.807, 2.05) is 5.32 Å². The summed E-state index contributed by atoms with van der Waals surface area (Å²) in [6, 6.07) is -1.33. The van der Waals surface area contributed by atoms with Crippen LogP contribution in [0.25, 0.3) is 0 Å². The lowest BCUT2D eigenvalue weighted by Gasteiger charge is -2.25. The van der Waals surface area contributed by atoms with Crippen molar-refractivity contribution in [2.75, 3.05) is 12.0 Å². The largest absolute Gasteiger partial charge is 0.481 e. The Kier molecular flexibility index (Phi) is 7.74. The van der Waals surface area contributed by atoms with Gasteiger partial charge in [0.1, 0.15) is 6.04 Å². The molecule has 1 atom stereocenters. The first kappa shape index (κ1) is 19.2. The van der Waals surface area contributed by atoms with Crippen LogP contribution in [-0.4, -0.2) is 67.9 Å². The van der Waals surface area contributed by atoms with Gasteiger partial charge in [0.05, 0.1) is 12.8 Å². The van der Waals surface area contributed by atoms with E-state index < -0.39 is 48.3 Å². The van der Waals surface area contributed by atoms with E-state index in [-0.39, 0.29) is 6.42 Å². The molecule has 0 heterocycles. The van der Waals surface area contributed by atoms with Crippen molar-refractivity contribution in [1.82, 2.24) is 5.32 Å². The molecule has 0 aliphatic rings. The molecule has 0 aromatic carbocycles. The van der Waals surface area contributed by atoms with E-state index in [9.17, 15) is 24.3 Å². The van der Waals surface area contributed by atoms with E-state index in [0.29, 0.717) is 5.75 Å². The van der Waals surface area contributed by atoms with E-state index in [0.717, 1.165) is 0 Å². The second-order valence-corrected chi connectivity index (χ2v) is 5.30. The van der Waals surface area contributed by atoms with Crippen LogP contribution in [0.3, 0.4) is 0 Å². The van der Waals surface area contributed by atoms with Crippen molar-refractivity contribution in [3.63, 3.8) is 0 Å². The molecule has 0 saturated heterocycles. The van der Waals surface area contributed by atoms with E-state index in [1.165, 1.54) is 11.8 Å². The van der Waals surface area contributed by atoms with E-state index >= 15 is 0 Å². The highest BCUT2D eigenvalue weighted by molar-refractivity contribution is 7.98. The fraction of sp³-hybridized carbons (Fsp3) is 0.636. The quantitative estimate of drug-likeness (QED) is 0.339. The molecule has 0 saturated carbocycles. The minimum atomic E-state index is -2.70. The molecule has 9 nitrogen and oxygen atoms in total. The third-order valence-electron chi connectivity index (χ3n) is 2.52. The maximum atomic E-state index is 11.9. The number of hydrogen-bond acceptors (Lipinski definition) is 6. The van der Waals surface area contributed by atoms with Crippen LogP contribution in [0.15, 0.2) is 0 Å². The molecule has 0 rings (SSSR count). The topological polar surface area (TPSA) is 161 Å². The summed E-state index contributed by atoms with van der Waals surface area (Å²) < 4.78 is 0. The molecule has 0 radical (unpaired) electrons. The number of carbonyl (C=O) groups is 4. The van der Waals surface area contributed by atoms with Crippen LogP contribution in [-0.2, 0) is 19.2 Å². The van der Waals surface area contributed by atoms with Crippen LogP contribution in [0.4, 0.5) is 0 Å². The van der Waals surface area contributed by atoms with Crippen molar-refractivity contribution < 1.29 is 39.6 Å². The summed E-state index contributed by atoms with van der Waals surface area (Å²) >= 11 is 1.34. The number of carbonyl (C=O) groups excluding carboxylic acids is 1.